The molecule has 0 aliphatic carbocycles. The van der Waals surface area contributed by atoms with Gasteiger partial charge in [-0.15, -0.1) is 0 Å². The maximum absolute atomic E-state index is 11.8. The Hall–Kier alpha value is -3.61. The Morgan fingerprint density at radius 3 is 2.57 bits per heavy atom. The van der Waals surface area contributed by atoms with Gasteiger partial charge in [-0.1, -0.05) is 55.8 Å². The molecular formula is C28H34N2O5. The van der Waals surface area contributed by atoms with Crippen LogP contribution in [0.1, 0.15) is 43.7 Å². The van der Waals surface area contributed by atoms with Crippen molar-refractivity contribution in [3.63, 3.8) is 0 Å². The topological polar surface area (TPSA) is 94.2 Å². The van der Waals surface area contributed by atoms with Gasteiger partial charge in [-0.3, -0.25) is 4.79 Å². The van der Waals surface area contributed by atoms with Gasteiger partial charge >= 0.3 is 5.97 Å². The second kappa shape index (κ2) is 13.3. The lowest BCUT2D eigenvalue weighted by atomic mass is 9.89. The van der Waals surface area contributed by atoms with Crippen molar-refractivity contribution in [2.45, 2.75) is 46.5 Å². The quantitative estimate of drug-likeness (QED) is 0.175. The number of nitrogens with zero attached hydrogens (tertiary/aromatic N) is 2. The molecule has 7 heteroatoms. The summed E-state index contributed by atoms with van der Waals surface area (Å²) in [4.78, 5) is 21.6. The second-order valence-corrected chi connectivity index (χ2v) is 8.58. The Kier molecular flexibility index (Phi) is 9.90. The van der Waals surface area contributed by atoms with Crippen LogP contribution in [0.25, 0.3) is 11.5 Å². The fourth-order valence-corrected chi connectivity index (χ4v) is 3.61. The average Bonchev–Trinajstić information content (AvgIpc) is 3.24. The molecule has 0 bridgehead atoms. The molecule has 35 heavy (non-hydrogen) atoms. The number of carboxylic acids is 1. The zero-order valence-corrected chi connectivity index (χ0v) is 20.6. The summed E-state index contributed by atoms with van der Waals surface area (Å²) in [6.45, 7) is 6.84. The van der Waals surface area contributed by atoms with Crippen LogP contribution in [0.15, 0.2) is 64.2 Å². The van der Waals surface area contributed by atoms with E-state index < -0.39 is 11.9 Å². The summed E-state index contributed by atoms with van der Waals surface area (Å²) in [5, 5.41) is 13.6. The van der Waals surface area contributed by atoms with Crippen LogP contribution in [0.5, 0.6) is 5.75 Å². The highest BCUT2D eigenvalue weighted by Gasteiger charge is 2.24. The predicted molar refractivity (Wildman–Crippen MR) is 136 cm³/mol. The first-order chi connectivity index (χ1) is 17.0. The maximum atomic E-state index is 11.8. The Morgan fingerprint density at radius 2 is 1.89 bits per heavy atom. The molecule has 3 aromatic rings. The minimum absolute atomic E-state index is 0.253. The van der Waals surface area contributed by atoms with E-state index in [0.717, 1.165) is 41.2 Å². The first-order valence-corrected chi connectivity index (χ1v) is 12.1. The van der Waals surface area contributed by atoms with E-state index in [9.17, 15) is 9.90 Å². The lowest BCUT2D eigenvalue weighted by Crippen LogP contribution is -2.25. The predicted octanol–water partition coefficient (Wildman–Crippen LogP) is 5.95. The van der Waals surface area contributed by atoms with Crippen LogP contribution in [0.4, 0.5) is 0 Å². The van der Waals surface area contributed by atoms with Crippen LogP contribution in [0.3, 0.4) is 0 Å². The van der Waals surface area contributed by atoms with Gasteiger partial charge in [0.1, 0.15) is 18.1 Å². The number of ether oxygens (including phenoxy) is 1. The third-order valence-corrected chi connectivity index (χ3v) is 5.81. The number of unbranched alkanes of at least 4 members (excludes halogenated alkanes) is 1. The highest BCUT2D eigenvalue weighted by Crippen LogP contribution is 2.23. The molecule has 0 amide bonds. The van der Waals surface area contributed by atoms with E-state index in [2.05, 4.69) is 17.1 Å². The molecule has 1 N–H and O–H groups in total. The monoisotopic (exact) mass is 478 g/mol. The van der Waals surface area contributed by atoms with Gasteiger partial charge in [0.05, 0.1) is 18.2 Å². The normalized spacial score (nSPS) is 13.0. The molecule has 0 aliphatic rings. The molecule has 0 fully saturated rings. The first-order valence-electron chi connectivity index (χ1n) is 12.1. The van der Waals surface area contributed by atoms with Crippen molar-refractivity contribution in [2.24, 2.45) is 17.0 Å². The molecule has 0 saturated carbocycles. The zero-order valence-electron chi connectivity index (χ0n) is 20.6. The Labute approximate surface area is 206 Å². The summed E-state index contributed by atoms with van der Waals surface area (Å²) in [5.74, 6) is 0.434. The molecule has 2 unspecified atom stereocenters. The molecule has 2 aromatic carbocycles. The van der Waals surface area contributed by atoms with E-state index in [1.54, 1.807) is 6.21 Å². The summed E-state index contributed by atoms with van der Waals surface area (Å²) in [7, 11) is 0. The third-order valence-electron chi connectivity index (χ3n) is 5.81. The number of carbonyl (C=O) groups is 1. The molecule has 0 saturated heterocycles. The van der Waals surface area contributed by atoms with Gasteiger partial charge in [0.15, 0.2) is 0 Å². The van der Waals surface area contributed by atoms with E-state index in [4.69, 9.17) is 14.0 Å². The fourth-order valence-electron chi connectivity index (χ4n) is 3.61. The lowest BCUT2D eigenvalue weighted by Gasteiger charge is -2.16. The van der Waals surface area contributed by atoms with Gasteiger partial charge < -0.3 is 19.1 Å². The largest absolute Gasteiger partial charge is 0.493 e. The fraction of sp³-hybridized carbons (Fsp3) is 0.393. The van der Waals surface area contributed by atoms with Gasteiger partial charge in [0.25, 0.3) is 0 Å². The summed E-state index contributed by atoms with van der Waals surface area (Å²) in [6.07, 6.45) is 4.56. The number of benzene rings is 2. The van der Waals surface area contributed by atoms with Crippen LogP contribution in [-0.2, 0) is 22.5 Å². The standard InChI is InChI=1S/C28H34N2O5/c1-4-5-16-34-29-19-20(2)25(28(31)32)18-22-11-13-24(14-12-22)33-17-15-26-21(3)35-27(30-26)23-9-7-6-8-10-23/h6-14,19-20,25H,4-5,15-18H2,1-3H3,(H,31,32)/b29-19+. The molecule has 0 spiro atoms. The zero-order chi connectivity index (χ0) is 25.0. The molecule has 2 atom stereocenters. The SMILES string of the molecule is CCCCO/N=C/C(C)C(Cc1ccc(OCCc2nc(-c3ccccc3)oc2C)cc1)C(=O)O. The van der Waals surface area contributed by atoms with Crippen molar-refractivity contribution in [1.82, 2.24) is 4.98 Å². The van der Waals surface area contributed by atoms with Crippen LogP contribution in [0, 0.1) is 18.8 Å². The number of hydrogen-bond donors (Lipinski definition) is 1. The van der Waals surface area contributed by atoms with Gasteiger partial charge in [-0.2, -0.15) is 0 Å². The summed E-state index contributed by atoms with van der Waals surface area (Å²) in [6, 6.07) is 17.4. The Bertz CT molecular complexity index is 1080. The minimum atomic E-state index is -0.851. The number of hydrogen-bond acceptors (Lipinski definition) is 6. The first kappa shape index (κ1) is 26.0. The summed E-state index contributed by atoms with van der Waals surface area (Å²) >= 11 is 0. The highest BCUT2D eigenvalue weighted by molar-refractivity contribution is 5.76. The van der Waals surface area contributed by atoms with E-state index in [1.807, 2.05) is 68.4 Å². The van der Waals surface area contributed by atoms with E-state index in [0.29, 0.717) is 31.9 Å². The molecule has 186 valence electrons. The summed E-state index contributed by atoms with van der Waals surface area (Å²) < 4.78 is 11.7. The van der Waals surface area contributed by atoms with E-state index >= 15 is 0 Å². The van der Waals surface area contributed by atoms with Gasteiger partial charge in [-0.25, -0.2) is 4.98 Å². The summed E-state index contributed by atoms with van der Waals surface area (Å²) in [5.41, 5.74) is 2.75. The van der Waals surface area contributed by atoms with Crippen molar-refractivity contribution in [3.05, 3.63) is 71.6 Å². The number of aromatic nitrogens is 1. The molecule has 3 rings (SSSR count). The van der Waals surface area contributed by atoms with Crippen molar-refractivity contribution in [2.75, 3.05) is 13.2 Å². The number of aliphatic carboxylic acids is 1. The van der Waals surface area contributed by atoms with E-state index in [1.165, 1.54) is 0 Å². The van der Waals surface area contributed by atoms with E-state index in [-0.39, 0.29) is 5.92 Å². The molecule has 0 radical (unpaired) electrons. The van der Waals surface area contributed by atoms with Crippen LogP contribution < -0.4 is 4.74 Å². The second-order valence-electron chi connectivity index (χ2n) is 8.58. The smallest absolute Gasteiger partial charge is 0.307 e. The van der Waals surface area contributed by atoms with Crippen LogP contribution >= 0.6 is 0 Å². The third kappa shape index (κ3) is 7.98. The molecule has 7 nitrogen and oxygen atoms in total. The number of oxime groups is 1. The van der Waals surface area contributed by atoms with Gasteiger partial charge in [0.2, 0.25) is 5.89 Å². The van der Waals surface area contributed by atoms with Crippen LogP contribution in [0.2, 0.25) is 0 Å². The molecular weight excluding hydrogens is 444 g/mol. The number of oxazole rings is 1. The lowest BCUT2D eigenvalue weighted by molar-refractivity contribution is -0.142. The van der Waals surface area contributed by atoms with Crippen molar-refractivity contribution < 1.29 is 23.9 Å². The van der Waals surface area contributed by atoms with Gasteiger partial charge in [0, 0.05) is 24.1 Å². The van der Waals surface area contributed by atoms with Crippen LogP contribution in [-0.4, -0.2) is 35.5 Å². The average molecular weight is 479 g/mol. The van der Waals surface area contributed by atoms with Crippen molar-refractivity contribution in [3.8, 4) is 17.2 Å². The minimum Gasteiger partial charge on any atom is -0.493 e. The molecule has 0 aliphatic heterocycles. The highest BCUT2D eigenvalue weighted by atomic mass is 16.6. The maximum Gasteiger partial charge on any atom is 0.307 e. The van der Waals surface area contributed by atoms with Gasteiger partial charge in [-0.05, 0) is 49.6 Å². The van der Waals surface area contributed by atoms with Crippen molar-refractivity contribution >= 4 is 12.2 Å². The Balaban J connectivity index is 1.50. The number of aryl methyl sites for hydroxylation is 1. The Morgan fingerprint density at radius 1 is 1.14 bits per heavy atom. The molecule has 1 aromatic heterocycles. The van der Waals surface area contributed by atoms with Crippen molar-refractivity contribution in [1.29, 1.82) is 0 Å². The number of rotatable bonds is 14. The molecule has 1 heterocycles. The number of carboxylic acid groups (broad SMARTS) is 1.